The minimum absolute atomic E-state index is 0.215. The predicted octanol–water partition coefficient (Wildman–Crippen LogP) is 5.73. The number of para-hydroxylation sites is 1. The van der Waals surface area contributed by atoms with Crippen molar-refractivity contribution >= 4 is 39.2 Å². The van der Waals surface area contributed by atoms with Gasteiger partial charge in [-0.3, -0.25) is 0 Å². The summed E-state index contributed by atoms with van der Waals surface area (Å²) in [6.07, 6.45) is 1.70. The Kier molecular flexibility index (Phi) is 5.74. The average molecular weight is 430 g/mol. The summed E-state index contributed by atoms with van der Waals surface area (Å²) in [5.74, 6) is -0.529. The lowest BCUT2D eigenvalue weighted by molar-refractivity contribution is 0.0729. The molecule has 0 unspecified atom stereocenters. The van der Waals surface area contributed by atoms with Gasteiger partial charge >= 0.3 is 5.97 Å². The highest BCUT2D eigenvalue weighted by atomic mass is 32.1. The SMILES string of the molecule is COc1cc(C=C(C#N)c2nc3ccccc3s2)ccc1OC(=O)c1ccc(F)cc1. The van der Waals surface area contributed by atoms with Gasteiger partial charge in [0.25, 0.3) is 0 Å². The van der Waals surface area contributed by atoms with E-state index >= 15 is 0 Å². The molecule has 0 saturated heterocycles. The second-order valence-corrected chi connectivity index (χ2v) is 7.49. The van der Waals surface area contributed by atoms with Crippen molar-refractivity contribution < 1.29 is 18.7 Å². The molecule has 1 heterocycles. The van der Waals surface area contributed by atoms with E-state index in [1.807, 2.05) is 24.3 Å². The molecule has 0 aliphatic heterocycles. The van der Waals surface area contributed by atoms with Crippen LogP contribution >= 0.6 is 11.3 Å². The third kappa shape index (κ3) is 4.44. The van der Waals surface area contributed by atoms with Crippen LogP contribution in [0, 0.1) is 17.1 Å². The molecule has 0 fully saturated rings. The van der Waals surface area contributed by atoms with Gasteiger partial charge in [-0.25, -0.2) is 14.2 Å². The van der Waals surface area contributed by atoms with Crippen LogP contribution in [-0.2, 0) is 0 Å². The van der Waals surface area contributed by atoms with Crippen molar-refractivity contribution in [2.24, 2.45) is 0 Å². The predicted molar refractivity (Wildman–Crippen MR) is 117 cm³/mol. The summed E-state index contributed by atoms with van der Waals surface area (Å²) in [6, 6.07) is 19.9. The van der Waals surface area contributed by atoms with Crippen molar-refractivity contribution in [1.82, 2.24) is 4.98 Å². The number of methoxy groups -OCH3 is 1. The number of hydrogen-bond donors (Lipinski definition) is 0. The van der Waals surface area contributed by atoms with E-state index in [-0.39, 0.29) is 11.3 Å². The van der Waals surface area contributed by atoms with Gasteiger partial charge in [0.1, 0.15) is 16.9 Å². The summed E-state index contributed by atoms with van der Waals surface area (Å²) in [5.41, 5.74) is 2.16. The van der Waals surface area contributed by atoms with Gasteiger partial charge in [0, 0.05) is 0 Å². The highest BCUT2D eigenvalue weighted by Crippen LogP contribution is 2.32. The maximum absolute atomic E-state index is 13.1. The molecule has 0 spiro atoms. The lowest BCUT2D eigenvalue weighted by Gasteiger charge is -2.10. The van der Waals surface area contributed by atoms with Crippen LogP contribution in [0.2, 0.25) is 0 Å². The van der Waals surface area contributed by atoms with E-state index in [2.05, 4.69) is 11.1 Å². The van der Waals surface area contributed by atoms with Gasteiger partial charge in [0.05, 0.1) is 28.5 Å². The number of thiazole rings is 1. The number of carbonyl (C=O) groups excluding carboxylic acids is 1. The number of esters is 1. The van der Waals surface area contributed by atoms with Crippen molar-refractivity contribution in [1.29, 1.82) is 5.26 Å². The summed E-state index contributed by atoms with van der Waals surface area (Å²) in [5, 5.41) is 10.3. The first-order valence-corrected chi connectivity index (χ1v) is 10.0. The van der Waals surface area contributed by atoms with Gasteiger partial charge in [-0.15, -0.1) is 11.3 Å². The Hall–Kier alpha value is -4.02. The molecule has 0 amide bonds. The molecule has 4 rings (SSSR count). The molecule has 0 aliphatic rings. The molecule has 0 saturated carbocycles. The van der Waals surface area contributed by atoms with Crippen molar-refractivity contribution in [3.05, 3.63) is 88.7 Å². The molecule has 4 aromatic rings. The quantitative estimate of drug-likeness (QED) is 0.230. The molecule has 1 aromatic heterocycles. The number of hydrogen-bond acceptors (Lipinski definition) is 6. The fraction of sp³-hybridized carbons (Fsp3) is 0.0417. The number of rotatable bonds is 5. The zero-order valence-corrected chi connectivity index (χ0v) is 17.2. The third-order valence-electron chi connectivity index (χ3n) is 4.43. The lowest BCUT2D eigenvalue weighted by atomic mass is 10.1. The Morgan fingerprint density at radius 1 is 1.10 bits per heavy atom. The van der Waals surface area contributed by atoms with Crippen LogP contribution in [0.4, 0.5) is 4.39 Å². The van der Waals surface area contributed by atoms with Crippen molar-refractivity contribution in [3.63, 3.8) is 0 Å². The maximum Gasteiger partial charge on any atom is 0.343 e. The topological polar surface area (TPSA) is 72.2 Å². The molecule has 7 heteroatoms. The van der Waals surface area contributed by atoms with Gasteiger partial charge in [-0.2, -0.15) is 5.26 Å². The summed E-state index contributed by atoms with van der Waals surface area (Å²) in [4.78, 5) is 16.8. The summed E-state index contributed by atoms with van der Waals surface area (Å²) in [7, 11) is 1.46. The standard InChI is InChI=1S/C24H15FN2O3S/c1-29-21-13-15(6-11-20(21)30-24(28)16-7-9-18(25)10-8-16)12-17(14-26)23-27-19-4-2-3-5-22(19)31-23/h2-13H,1H3. The molecule has 0 aliphatic carbocycles. The molecule has 0 radical (unpaired) electrons. The van der Waals surface area contributed by atoms with Gasteiger partial charge in [-0.1, -0.05) is 18.2 Å². The molecular weight excluding hydrogens is 415 g/mol. The van der Waals surface area contributed by atoms with Gasteiger partial charge in [0.2, 0.25) is 0 Å². The number of aromatic nitrogens is 1. The van der Waals surface area contributed by atoms with E-state index in [4.69, 9.17) is 9.47 Å². The first kappa shape index (κ1) is 20.3. The van der Waals surface area contributed by atoms with Crippen LogP contribution in [0.1, 0.15) is 20.9 Å². The number of nitrogens with zero attached hydrogens (tertiary/aromatic N) is 2. The Morgan fingerprint density at radius 3 is 2.58 bits per heavy atom. The average Bonchev–Trinajstić information content (AvgIpc) is 3.22. The first-order chi connectivity index (χ1) is 15.1. The first-order valence-electron chi connectivity index (χ1n) is 9.21. The molecule has 0 bridgehead atoms. The van der Waals surface area contributed by atoms with Crippen LogP contribution in [0.15, 0.2) is 66.7 Å². The number of ether oxygens (including phenoxy) is 2. The van der Waals surface area contributed by atoms with E-state index in [9.17, 15) is 14.4 Å². The second-order valence-electron chi connectivity index (χ2n) is 6.46. The number of halogens is 1. The minimum atomic E-state index is -0.631. The lowest BCUT2D eigenvalue weighted by Crippen LogP contribution is -2.09. The van der Waals surface area contributed by atoms with Crippen LogP contribution in [0.5, 0.6) is 11.5 Å². The monoisotopic (exact) mass is 430 g/mol. The Balaban J connectivity index is 1.61. The number of fused-ring (bicyclic) bond motifs is 1. The smallest absolute Gasteiger partial charge is 0.343 e. The molecule has 0 N–H and O–H groups in total. The van der Waals surface area contributed by atoms with Crippen LogP contribution < -0.4 is 9.47 Å². The third-order valence-corrected chi connectivity index (χ3v) is 5.50. The summed E-state index contributed by atoms with van der Waals surface area (Å²) >= 11 is 1.44. The van der Waals surface area contributed by atoms with Crippen LogP contribution in [0.25, 0.3) is 21.9 Å². The number of nitriles is 1. The van der Waals surface area contributed by atoms with E-state index in [0.29, 0.717) is 21.9 Å². The van der Waals surface area contributed by atoms with E-state index in [1.165, 1.54) is 42.7 Å². The highest BCUT2D eigenvalue weighted by Gasteiger charge is 2.14. The molecule has 0 atom stereocenters. The van der Waals surface area contributed by atoms with E-state index in [0.717, 1.165) is 10.2 Å². The maximum atomic E-state index is 13.1. The fourth-order valence-corrected chi connectivity index (χ4v) is 3.83. The summed E-state index contributed by atoms with van der Waals surface area (Å²) < 4.78 is 24.8. The Morgan fingerprint density at radius 2 is 1.87 bits per heavy atom. The molecule has 3 aromatic carbocycles. The number of allylic oxidation sites excluding steroid dienone is 1. The van der Waals surface area contributed by atoms with Crippen molar-refractivity contribution in [2.45, 2.75) is 0 Å². The van der Waals surface area contributed by atoms with Gasteiger partial charge < -0.3 is 9.47 Å². The minimum Gasteiger partial charge on any atom is -0.493 e. The molecule has 5 nitrogen and oxygen atoms in total. The van der Waals surface area contributed by atoms with Crippen molar-refractivity contribution in [3.8, 4) is 17.6 Å². The molecule has 152 valence electrons. The number of carbonyl (C=O) groups is 1. The largest absolute Gasteiger partial charge is 0.493 e. The fourth-order valence-electron chi connectivity index (χ4n) is 2.90. The van der Waals surface area contributed by atoms with Crippen LogP contribution in [0.3, 0.4) is 0 Å². The second kappa shape index (κ2) is 8.78. The normalized spacial score (nSPS) is 11.2. The Bertz CT molecular complexity index is 1300. The van der Waals surface area contributed by atoms with E-state index in [1.54, 1.807) is 24.3 Å². The Labute approximate surface area is 181 Å². The van der Waals surface area contributed by atoms with Gasteiger partial charge in [0.15, 0.2) is 11.5 Å². The number of benzene rings is 3. The molecular formula is C24H15FN2O3S. The molecule has 31 heavy (non-hydrogen) atoms. The van der Waals surface area contributed by atoms with Gasteiger partial charge in [-0.05, 0) is 60.2 Å². The highest BCUT2D eigenvalue weighted by molar-refractivity contribution is 7.19. The van der Waals surface area contributed by atoms with Crippen LogP contribution in [-0.4, -0.2) is 18.1 Å². The zero-order chi connectivity index (χ0) is 21.8. The summed E-state index contributed by atoms with van der Waals surface area (Å²) in [6.45, 7) is 0. The zero-order valence-electron chi connectivity index (χ0n) is 16.3. The van der Waals surface area contributed by atoms with Crippen molar-refractivity contribution in [2.75, 3.05) is 7.11 Å². The van der Waals surface area contributed by atoms with E-state index < -0.39 is 11.8 Å².